The Morgan fingerprint density at radius 1 is 1.03 bits per heavy atom. The van der Waals surface area contributed by atoms with Gasteiger partial charge in [0.15, 0.2) is 16.0 Å². The van der Waals surface area contributed by atoms with Gasteiger partial charge in [-0.25, -0.2) is 19.6 Å². The lowest BCUT2D eigenvalue weighted by atomic mass is 10.2. The zero-order valence-electron chi connectivity index (χ0n) is 16.5. The molecule has 0 saturated heterocycles. The van der Waals surface area contributed by atoms with E-state index in [0.717, 1.165) is 22.7 Å². The summed E-state index contributed by atoms with van der Waals surface area (Å²) in [6.45, 7) is 5.55. The maximum Gasteiger partial charge on any atom is 0.407 e. The van der Waals surface area contributed by atoms with Crippen LogP contribution in [0.5, 0.6) is 0 Å². The van der Waals surface area contributed by atoms with E-state index in [1.165, 1.54) is 10.8 Å². The number of carboxylic acid groups (broad SMARTS) is 1. The molecule has 0 atom stereocenters. The van der Waals surface area contributed by atoms with Gasteiger partial charge >= 0.3 is 12.1 Å². The molecule has 0 spiro atoms. The summed E-state index contributed by atoms with van der Waals surface area (Å²) in [6, 6.07) is 0. The van der Waals surface area contributed by atoms with Crippen LogP contribution in [-0.2, 0) is 9.53 Å². The molecule has 30 heavy (non-hydrogen) atoms. The standard InChI is InChI=1S/C17H21N5O6S2/c1-17(2,3)28-16(27)18-6-4-5-11(23)21-14-19-9(7-29-14)12(24)22-15-20-10(8-30-15)13(25)26/h7-8H,4-6H2,1-3H3,(H,18,27)(H,25,26)(H,19,21,23)(H,20,22,24). The molecule has 3 amide bonds. The summed E-state index contributed by atoms with van der Waals surface area (Å²) < 4.78 is 5.09. The van der Waals surface area contributed by atoms with Crippen molar-refractivity contribution >= 4 is 56.8 Å². The van der Waals surface area contributed by atoms with E-state index in [4.69, 9.17) is 9.84 Å². The molecule has 162 valence electrons. The van der Waals surface area contributed by atoms with Crippen LogP contribution in [0.2, 0.25) is 0 Å². The maximum absolute atomic E-state index is 12.2. The van der Waals surface area contributed by atoms with Crippen LogP contribution in [0.1, 0.15) is 54.6 Å². The van der Waals surface area contributed by atoms with Crippen LogP contribution in [0.15, 0.2) is 10.8 Å². The summed E-state index contributed by atoms with van der Waals surface area (Å²) in [5, 5.41) is 19.6. The van der Waals surface area contributed by atoms with Crippen LogP contribution < -0.4 is 16.0 Å². The van der Waals surface area contributed by atoms with E-state index in [-0.39, 0.29) is 40.5 Å². The Morgan fingerprint density at radius 3 is 2.23 bits per heavy atom. The Balaban J connectivity index is 1.75. The third kappa shape index (κ3) is 7.75. The van der Waals surface area contributed by atoms with E-state index < -0.39 is 23.6 Å². The van der Waals surface area contributed by atoms with Crippen LogP contribution >= 0.6 is 22.7 Å². The molecular weight excluding hydrogens is 434 g/mol. The minimum absolute atomic E-state index is 0.0639. The van der Waals surface area contributed by atoms with Gasteiger partial charge in [-0.05, 0) is 27.2 Å². The number of rotatable bonds is 8. The van der Waals surface area contributed by atoms with Crippen molar-refractivity contribution in [1.29, 1.82) is 0 Å². The number of aromatic carboxylic acids is 1. The van der Waals surface area contributed by atoms with Gasteiger partial charge in [0.2, 0.25) is 5.91 Å². The molecule has 2 rings (SSSR count). The van der Waals surface area contributed by atoms with E-state index in [1.807, 2.05) is 0 Å². The van der Waals surface area contributed by atoms with E-state index in [9.17, 15) is 19.2 Å². The predicted molar refractivity (Wildman–Crippen MR) is 111 cm³/mol. The van der Waals surface area contributed by atoms with Crippen molar-refractivity contribution in [2.45, 2.75) is 39.2 Å². The Morgan fingerprint density at radius 2 is 1.63 bits per heavy atom. The van der Waals surface area contributed by atoms with Gasteiger partial charge in [0, 0.05) is 23.7 Å². The topological polar surface area (TPSA) is 160 Å². The molecular formula is C17H21N5O6S2. The minimum atomic E-state index is -1.19. The third-order valence-electron chi connectivity index (χ3n) is 3.18. The van der Waals surface area contributed by atoms with Gasteiger partial charge in [0.25, 0.3) is 5.91 Å². The number of ether oxygens (including phenoxy) is 1. The number of hydrogen-bond acceptors (Lipinski definition) is 9. The number of nitrogens with one attached hydrogen (secondary N) is 3. The van der Waals surface area contributed by atoms with Crippen LogP contribution in [0.3, 0.4) is 0 Å². The Labute approximate surface area is 179 Å². The first-order valence-electron chi connectivity index (χ1n) is 8.76. The SMILES string of the molecule is CC(C)(C)OC(=O)NCCCC(=O)Nc1nc(C(=O)Nc2nc(C(=O)O)cs2)cs1. The first-order valence-corrected chi connectivity index (χ1v) is 10.5. The Kier molecular flexibility index (Phi) is 7.83. The highest BCUT2D eigenvalue weighted by Crippen LogP contribution is 2.19. The largest absolute Gasteiger partial charge is 0.476 e. The summed E-state index contributed by atoms with van der Waals surface area (Å²) in [4.78, 5) is 54.2. The average Bonchev–Trinajstić information content (AvgIpc) is 3.27. The van der Waals surface area contributed by atoms with Crippen molar-refractivity contribution in [1.82, 2.24) is 15.3 Å². The van der Waals surface area contributed by atoms with Crippen molar-refractivity contribution in [3.05, 3.63) is 22.1 Å². The molecule has 0 aliphatic carbocycles. The zero-order valence-corrected chi connectivity index (χ0v) is 18.1. The van der Waals surface area contributed by atoms with Crippen LogP contribution in [-0.4, -0.2) is 51.1 Å². The van der Waals surface area contributed by atoms with Gasteiger partial charge in [-0.1, -0.05) is 0 Å². The maximum atomic E-state index is 12.2. The molecule has 0 aliphatic rings. The molecule has 2 aromatic rings. The van der Waals surface area contributed by atoms with Crippen molar-refractivity contribution in [3.8, 4) is 0 Å². The summed E-state index contributed by atoms with van der Waals surface area (Å²) >= 11 is 2.05. The number of hydrogen-bond donors (Lipinski definition) is 4. The van der Waals surface area contributed by atoms with Crippen molar-refractivity contribution in [3.63, 3.8) is 0 Å². The molecule has 0 unspecified atom stereocenters. The highest BCUT2D eigenvalue weighted by molar-refractivity contribution is 7.14. The van der Waals surface area contributed by atoms with Crippen LogP contribution in [0.25, 0.3) is 0 Å². The smallest absolute Gasteiger partial charge is 0.407 e. The van der Waals surface area contributed by atoms with E-state index >= 15 is 0 Å². The van der Waals surface area contributed by atoms with Gasteiger partial charge in [-0.3, -0.25) is 14.9 Å². The lowest BCUT2D eigenvalue weighted by molar-refractivity contribution is -0.116. The summed E-state index contributed by atoms with van der Waals surface area (Å²) in [6.07, 6.45) is 0.00230. The minimum Gasteiger partial charge on any atom is -0.476 e. The molecule has 0 bridgehead atoms. The van der Waals surface area contributed by atoms with Gasteiger partial charge in [0.05, 0.1) is 0 Å². The number of thiazole rings is 2. The third-order valence-corrected chi connectivity index (χ3v) is 4.69. The first kappa shape index (κ1) is 23.2. The van der Waals surface area contributed by atoms with Gasteiger partial charge in [0.1, 0.15) is 11.3 Å². The number of anilines is 2. The molecule has 11 nitrogen and oxygen atoms in total. The second kappa shape index (κ2) is 10.1. The highest BCUT2D eigenvalue weighted by Gasteiger charge is 2.17. The fourth-order valence-electron chi connectivity index (χ4n) is 1.96. The fourth-order valence-corrected chi connectivity index (χ4v) is 3.35. The van der Waals surface area contributed by atoms with Crippen molar-refractivity contribution in [2.24, 2.45) is 0 Å². The Hall–Kier alpha value is -3.06. The zero-order chi connectivity index (χ0) is 22.3. The average molecular weight is 456 g/mol. The molecule has 13 heteroatoms. The van der Waals surface area contributed by atoms with Crippen molar-refractivity contribution < 1.29 is 29.0 Å². The molecule has 2 aromatic heterocycles. The molecule has 0 aliphatic heterocycles. The highest BCUT2D eigenvalue weighted by atomic mass is 32.1. The molecule has 0 radical (unpaired) electrons. The van der Waals surface area contributed by atoms with Crippen LogP contribution in [0.4, 0.5) is 15.1 Å². The van der Waals surface area contributed by atoms with Gasteiger partial charge in [-0.15, -0.1) is 22.7 Å². The van der Waals surface area contributed by atoms with Gasteiger partial charge < -0.3 is 20.5 Å². The number of amides is 3. The summed E-state index contributed by atoms with van der Waals surface area (Å²) in [5.41, 5.74) is -0.689. The molecule has 0 fully saturated rings. The van der Waals surface area contributed by atoms with Crippen LogP contribution in [0, 0.1) is 0 Å². The lowest BCUT2D eigenvalue weighted by Crippen LogP contribution is -2.33. The number of carbonyl (C=O) groups is 4. The Bertz CT molecular complexity index is 933. The molecule has 0 saturated carbocycles. The quantitative estimate of drug-likeness (QED) is 0.442. The van der Waals surface area contributed by atoms with E-state index in [1.54, 1.807) is 20.8 Å². The number of carbonyl (C=O) groups excluding carboxylic acids is 3. The molecule has 4 N–H and O–H groups in total. The fraction of sp³-hybridized carbons (Fsp3) is 0.412. The number of carboxylic acids is 1. The van der Waals surface area contributed by atoms with Gasteiger partial charge in [-0.2, -0.15) is 0 Å². The monoisotopic (exact) mass is 455 g/mol. The molecule has 2 heterocycles. The van der Waals surface area contributed by atoms with E-state index in [2.05, 4.69) is 25.9 Å². The number of aromatic nitrogens is 2. The second-order valence-electron chi connectivity index (χ2n) is 6.92. The first-order chi connectivity index (χ1) is 14.0. The summed E-state index contributed by atoms with van der Waals surface area (Å²) in [7, 11) is 0. The predicted octanol–water partition coefficient (Wildman–Crippen LogP) is 2.79. The van der Waals surface area contributed by atoms with Crippen molar-refractivity contribution in [2.75, 3.05) is 17.2 Å². The lowest BCUT2D eigenvalue weighted by Gasteiger charge is -2.19. The summed E-state index contributed by atoms with van der Waals surface area (Å²) in [5.74, 6) is -2.07. The number of nitrogens with zero attached hydrogens (tertiary/aromatic N) is 2. The number of alkyl carbamates (subject to hydrolysis) is 1. The van der Waals surface area contributed by atoms with E-state index in [0.29, 0.717) is 6.42 Å². The second-order valence-corrected chi connectivity index (χ2v) is 8.63. The molecule has 0 aromatic carbocycles. The normalized spacial score (nSPS) is 10.9.